The van der Waals surface area contributed by atoms with E-state index in [4.69, 9.17) is 0 Å². The molecule has 2 atom stereocenters. The van der Waals surface area contributed by atoms with E-state index in [0.29, 0.717) is 0 Å². The third-order valence-electron chi connectivity index (χ3n) is 4.42. The summed E-state index contributed by atoms with van der Waals surface area (Å²) in [5.41, 5.74) is 0. The second-order valence-electron chi connectivity index (χ2n) is 6.59. The Hall–Kier alpha value is 0.700. The van der Waals surface area contributed by atoms with E-state index in [1.165, 1.54) is 88.6 Å². The molecule has 0 saturated heterocycles. The van der Waals surface area contributed by atoms with Crippen molar-refractivity contribution in [3.63, 3.8) is 0 Å². The molecule has 1 aliphatic rings. The summed E-state index contributed by atoms with van der Waals surface area (Å²) in [6.07, 6.45) is 22.0. The summed E-state index contributed by atoms with van der Waals surface area (Å²) >= 11 is 4.40. The maximum absolute atomic E-state index is 2.60. The van der Waals surface area contributed by atoms with Crippen LogP contribution in [0.3, 0.4) is 0 Å². The molecule has 2 radical (unpaired) electrons. The van der Waals surface area contributed by atoms with Crippen LogP contribution in [0.15, 0.2) is 0 Å². The lowest BCUT2D eigenvalue weighted by molar-refractivity contribution is 0.657. The fourth-order valence-electron chi connectivity index (χ4n) is 2.92. The number of thioether (sulfide) groups is 2. The molecule has 2 unspecified atom stereocenters. The highest BCUT2D eigenvalue weighted by atomic mass is 32.2. The zero-order valence-electron chi connectivity index (χ0n) is 15.0. The van der Waals surface area contributed by atoms with Crippen LogP contribution in [-0.2, 0) is 0 Å². The molecule has 1 fully saturated rings. The zero-order valence-corrected chi connectivity index (χ0v) is 16.7. The molecule has 0 aromatic carbocycles. The Morgan fingerprint density at radius 1 is 0.636 bits per heavy atom. The lowest BCUT2D eigenvalue weighted by Crippen LogP contribution is -2.20. The van der Waals surface area contributed by atoms with Crippen LogP contribution in [0.2, 0.25) is 0 Å². The van der Waals surface area contributed by atoms with Gasteiger partial charge in [0.1, 0.15) is 0 Å². The van der Waals surface area contributed by atoms with Crippen LogP contribution < -0.4 is 0 Å². The van der Waals surface area contributed by atoms with Crippen LogP contribution in [0.4, 0.5) is 0 Å². The average Bonchev–Trinajstić information content (AvgIpc) is 2.55. The van der Waals surface area contributed by atoms with E-state index in [9.17, 15) is 0 Å². The second-order valence-corrected chi connectivity index (χ2v) is 9.28. The molecule has 0 aliphatic heterocycles. The molecule has 22 heavy (non-hydrogen) atoms. The predicted octanol–water partition coefficient (Wildman–Crippen LogP) is 7.33. The van der Waals surface area contributed by atoms with Gasteiger partial charge in [-0.15, -0.1) is 0 Å². The van der Waals surface area contributed by atoms with Crippen molar-refractivity contribution in [3.05, 3.63) is 12.8 Å². The van der Waals surface area contributed by atoms with Crippen molar-refractivity contribution in [2.75, 3.05) is 11.5 Å². The number of unbranched alkanes of at least 4 members (excludes halogenated alkanes) is 8. The smallest absolute Gasteiger partial charge is 0.00819 e. The topological polar surface area (TPSA) is 0 Å². The Kier molecular flexibility index (Phi) is 14.4. The SMILES string of the molecule is CCCCCCCSC1[CH]CC(SCCCCCCC)[CH]C1. The summed E-state index contributed by atoms with van der Waals surface area (Å²) in [7, 11) is 0. The van der Waals surface area contributed by atoms with Gasteiger partial charge < -0.3 is 0 Å². The fraction of sp³-hybridized carbons (Fsp3) is 0.900. The third-order valence-corrected chi connectivity index (χ3v) is 7.10. The molecule has 1 aliphatic carbocycles. The summed E-state index contributed by atoms with van der Waals surface area (Å²) in [5, 5.41) is 1.63. The molecule has 1 saturated carbocycles. The van der Waals surface area contributed by atoms with Crippen molar-refractivity contribution < 1.29 is 0 Å². The van der Waals surface area contributed by atoms with Gasteiger partial charge in [0.2, 0.25) is 0 Å². The van der Waals surface area contributed by atoms with Crippen LogP contribution >= 0.6 is 23.5 Å². The molecule has 0 nitrogen and oxygen atoms in total. The lowest BCUT2D eigenvalue weighted by Gasteiger charge is -2.27. The first kappa shape index (κ1) is 20.7. The normalized spacial score (nSPS) is 22.1. The monoisotopic (exact) mass is 342 g/mol. The minimum atomic E-state index is 0.813. The molecule has 0 spiro atoms. The largest absolute Gasteiger partial charge is 0.158 e. The Morgan fingerprint density at radius 3 is 1.41 bits per heavy atom. The summed E-state index contributed by atoms with van der Waals surface area (Å²) in [6.45, 7) is 4.59. The number of hydrogen-bond donors (Lipinski definition) is 0. The van der Waals surface area contributed by atoms with Crippen molar-refractivity contribution in [2.45, 2.75) is 101 Å². The van der Waals surface area contributed by atoms with Gasteiger partial charge in [-0.05, 0) is 50.0 Å². The van der Waals surface area contributed by atoms with E-state index in [1.807, 2.05) is 0 Å². The van der Waals surface area contributed by atoms with Gasteiger partial charge in [-0.3, -0.25) is 0 Å². The predicted molar refractivity (Wildman–Crippen MR) is 108 cm³/mol. The van der Waals surface area contributed by atoms with Gasteiger partial charge in [0.25, 0.3) is 0 Å². The molecular weight excluding hydrogens is 304 g/mol. The van der Waals surface area contributed by atoms with Gasteiger partial charge in [-0.1, -0.05) is 65.2 Å². The molecule has 0 N–H and O–H groups in total. The van der Waals surface area contributed by atoms with E-state index < -0.39 is 0 Å². The van der Waals surface area contributed by atoms with Gasteiger partial charge >= 0.3 is 0 Å². The Balaban J connectivity index is 1.88. The Labute approximate surface area is 149 Å². The molecule has 0 bridgehead atoms. The van der Waals surface area contributed by atoms with Crippen LogP contribution in [0.1, 0.15) is 90.9 Å². The van der Waals surface area contributed by atoms with Gasteiger partial charge in [0.15, 0.2) is 0 Å². The van der Waals surface area contributed by atoms with Crippen LogP contribution in [0.25, 0.3) is 0 Å². The van der Waals surface area contributed by atoms with Gasteiger partial charge in [-0.25, -0.2) is 0 Å². The van der Waals surface area contributed by atoms with E-state index in [2.05, 4.69) is 50.2 Å². The first-order valence-electron chi connectivity index (χ1n) is 9.76. The summed E-state index contributed by atoms with van der Waals surface area (Å²) < 4.78 is 0. The van der Waals surface area contributed by atoms with Crippen molar-refractivity contribution in [1.29, 1.82) is 0 Å². The Bertz CT molecular complexity index is 198. The first-order chi connectivity index (χ1) is 10.9. The van der Waals surface area contributed by atoms with Crippen LogP contribution in [0, 0.1) is 12.8 Å². The molecule has 1 rings (SSSR count). The van der Waals surface area contributed by atoms with Gasteiger partial charge in [0, 0.05) is 10.5 Å². The van der Waals surface area contributed by atoms with Gasteiger partial charge in [-0.2, -0.15) is 23.5 Å². The molecular formula is C20H38S2. The standard InChI is InChI=1S/C20H38S2/c1-3-5-7-9-11-17-21-19-13-15-20(16-14-19)22-18-12-10-8-6-4-2/h13,16,19-20H,3-12,14-15,17-18H2,1-2H3. The third kappa shape index (κ3) is 11.3. The average molecular weight is 343 g/mol. The quantitative estimate of drug-likeness (QED) is 0.303. The summed E-state index contributed by atoms with van der Waals surface area (Å²) in [5.74, 6) is 2.74. The second kappa shape index (κ2) is 15.2. The summed E-state index contributed by atoms with van der Waals surface area (Å²) in [4.78, 5) is 0. The van der Waals surface area contributed by atoms with Gasteiger partial charge in [0.05, 0.1) is 0 Å². The molecule has 2 heteroatoms. The zero-order chi connectivity index (χ0) is 15.9. The maximum atomic E-state index is 2.60. The number of hydrogen-bond acceptors (Lipinski definition) is 2. The molecule has 0 heterocycles. The Morgan fingerprint density at radius 2 is 1.05 bits per heavy atom. The summed E-state index contributed by atoms with van der Waals surface area (Å²) in [6, 6.07) is 0. The minimum Gasteiger partial charge on any atom is -0.158 e. The molecule has 0 amide bonds. The number of rotatable bonds is 14. The lowest BCUT2D eigenvalue weighted by atomic mass is 10.00. The molecule has 130 valence electrons. The van der Waals surface area contributed by atoms with Crippen molar-refractivity contribution in [3.8, 4) is 0 Å². The van der Waals surface area contributed by atoms with Crippen LogP contribution in [0.5, 0.6) is 0 Å². The van der Waals surface area contributed by atoms with Crippen molar-refractivity contribution in [1.82, 2.24) is 0 Å². The minimum absolute atomic E-state index is 0.813. The molecule has 0 aromatic rings. The van der Waals surface area contributed by atoms with E-state index in [0.717, 1.165) is 10.5 Å². The molecule has 0 aromatic heterocycles. The van der Waals surface area contributed by atoms with E-state index in [-0.39, 0.29) is 0 Å². The fourth-order valence-corrected chi connectivity index (χ4v) is 5.25. The highest BCUT2D eigenvalue weighted by Crippen LogP contribution is 2.33. The van der Waals surface area contributed by atoms with Crippen LogP contribution in [-0.4, -0.2) is 22.0 Å². The van der Waals surface area contributed by atoms with Crippen molar-refractivity contribution in [2.24, 2.45) is 0 Å². The van der Waals surface area contributed by atoms with E-state index >= 15 is 0 Å². The van der Waals surface area contributed by atoms with E-state index in [1.54, 1.807) is 0 Å². The van der Waals surface area contributed by atoms with Crippen molar-refractivity contribution >= 4 is 23.5 Å². The highest BCUT2D eigenvalue weighted by molar-refractivity contribution is 8.00. The first-order valence-corrected chi connectivity index (χ1v) is 11.9. The maximum Gasteiger partial charge on any atom is 0.00819 e. The highest BCUT2D eigenvalue weighted by Gasteiger charge is 2.21.